The molecule has 0 aromatic heterocycles. The van der Waals surface area contributed by atoms with Gasteiger partial charge >= 0.3 is 0 Å². The predicted octanol–water partition coefficient (Wildman–Crippen LogP) is -1.03. The summed E-state index contributed by atoms with van der Waals surface area (Å²) in [5.74, 6) is 0. The van der Waals surface area contributed by atoms with Crippen LogP contribution in [0.4, 0.5) is 0 Å². The van der Waals surface area contributed by atoms with Gasteiger partial charge in [-0.25, -0.2) is 0 Å². The molecule has 0 saturated heterocycles. The summed E-state index contributed by atoms with van der Waals surface area (Å²) in [5.41, 5.74) is 0. The third-order valence-corrected chi connectivity index (χ3v) is 0. The first-order valence-corrected chi connectivity index (χ1v) is 0. The van der Waals surface area contributed by atoms with E-state index in [0.717, 1.165) is 0 Å². The zero-order chi connectivity index (χ0) is 0. The standard InChI is InChI=1S/Al.H3N.Ti.Zr.3H/h;1H3;;;;;. The van der Waals surface area contributed by atoms with Gasteiger partial charge in [-0.2, -0.15) is 0 Å². The fraction of sp³-hybridized carbons (Fsp3) is 0. The van der Waals surface area contributed by atoms with Crippen molar-refractivity contribution < 1.29 is 47.9 Å². The van der Waals surface area contributed by atoms with Gasteiger partial charge in [-0.3, -0.25) is 0 Å². The van der Waals surface area contributed by atoms with E-state index < -0.39 is 0 Å². The van der Waals surface area contributed by atoms with Crippen molar-refractivity contribution in [2.45, 2.75) is 0 Å². The summed E-state index contributed by atoms with van der Waals surface area (Å²) >= 11 is 0. The van der Waals surface area contributed by atoms with Crippen molar-refractivity contribution in [3.8, 4) is 0 Å². The molecule has 0 aromatic rings. The molecular weight excluding hydrogens is 180 g/mol. The Morgan fingerprint density at radius 3 is 1.00 bits per heavy atom. The van der Waals surface area contributed by atoms with Crippen LogP contribution >= 0.6 is 0 Å². The van der Waals surface area contributed by atoms with Crippen molar-refractivity contribution in [3.63, 3.8) is 0 Å². The van der Waals surface area contributed by atoms with Crippen LogP contribution in [0, 0.1) is 0 Å². The Hall–Kier alpha value is 2.09. The van der Waals surface area contributed by atoms with Gasteiger partial charge in [-0.15, -0.1) is 0 Å². The largest absolute Gasteiger partial charge is 0.344 e. The Balaban J connectivity index is 0. The fourth-order valence-electron chi connectivity index (χ4n) is 0. The molecule has 0 bridgehead atoms. The Morgan fingerprint density at radius 2 is 1.00 bits per heavy atom. The number of hydrogen-bond acceptors (Lipinski definition) is 1. The maximum atomic E-state index is 0. The molecule has 0 fully saturated rings. The predicted molar refractivity (Wildman–Crippen MR) is 15.0 cm³/mol. The molecule has 0 rings (SSSR count). The summed E-state index contributed by atoms with van der Waals surface area (Å²) < 4.78 is 0. The van der Waals surface area contributed by atoms with Crippen LogP contribution in [-0.4, -0.2) is 17.4 Å². The zero-order valence-electron chi connectivity index (χ0n) is 1.71. The Morgan fingerprint density at radius 1 is 1.00 bits per heavy atom. The monoisotopic (exact) mass is 185 g/mol. The van der Waals surface area contributed by atoms with Crippen molar-refractivity contribution in [2.24, 2.45) is 0 Å². The summed E-state index contributed by atoms with van der Waals surface area (Å²) in [6, 6.07) is 0. The summed E-state index contributed by atoms with van der Waals surface area (Å²) in [6.07, 6.45) is 0. The molecule has 0 atom stereocenters. The maximum absolute atomic E-state index is 0. The Kier molecular flexibility index (Phi) is 176. The first kappa shape index (κ1) is 36.1. The van der Waals surface area contributed by atoms with Crippen LogP contribution in [0.15, 0.2) is 0 Å². The topological polar surface area (TPSA) is 35.0 Å². The molecular formula is H6AlNTiZr. The van der Waals surface area contributed by atoms with Gasteiger partial charge in [0.25, 0.3) is 0 Å². The molecule has 0 spiro atoms. The van der Waals surface area contributed by atoms with Gasteiger partial charge in [0.2, 0.25) is 0 Å². The molecule has 0 saturated carbocycles. The van der Waals surface area contributed by atoms with Crippen molar-refractivity contribution in [1.29, 1.82) is 0 Å². The summed E-state index contributed by atoms with van der Waals surface area (Å²) in [6.45, 7) is 0. The van der Waals surface area contributed by atoms with Crippen LogP contribution in [0.5, 0.6) is 0 Å². The molecule has 4 heavy (non-hydrogen) atoms. The van der Waals surface area contributed by atoms with Gasteiger partial charge in [0, 0.05) is 47.9 Å². The third-order valence-electron chi connectivity index (χ3n) is 0. The zero-order valence-corrected chi connectivity index (χ0v) is 5.73. The molecule has 0 aliphatic heterocycles. The van der Waals surface area contributed by atoms with E-state index >= 15 is 0 Å². The van der Waals surface area contributed by atoms with Crippen LogP contribution < -0.4 is 6.15 Å². The van der Waals surface area contributed by atoms with E-state index in [-0.39, 0.29) is 71.4 Å². The van der Waals surface area contributed by atoms with Crippen LogP contribution in [0.3, 0.4) is 0 Å². The van der Waals surface area contributed by atoms with Gasteiger partial charge in [0.1, 0.15) is 0 Å². The van der Waals surface area contributed by atoms with Crippen molar-refractivity contribution in [1.82, 2.24) is 6.15 Å². The number of hydrogen-bond donors (Lipinski definition) is 1. The van der Waals surface area contributed by atoms with Crippen molar-refractivity contribution in [2.75, 3.05) is 0 Å². The van der Waals surface area contributed by atoms with Crippen molar-refractivity contribution in [3.05, 3.63) is 0 Å². The Bertz CT molecular complexity index is 8.00. The maximum Gasteiger partial charge on any atom is 0.187 e. The second-order valence-corrected chi connectivity index (χ2v) is 0. The first-order chi connectivity index (χ1) is 0. The van der Waals surface area contributed by atoms with E-state index in [9.17, 15) is 0 Å². The van der Waals surface area contributed by atoms with Gasteiger partial charge < -0.3 is 6.15 Å². The summed E-state index contributed by atoms with van der Waals surface area (Å²) in [5, 5.41) is 0. The average Bonchev–Trinajstić information content (AvgIpc) is 0. The molecule has 0 aromatic carbocycles. The van der Waals surface area contributed by atoms with E-state index in [1.807, 2.05) is 0 Å². The third kappa shape index (κ3) is 8.94. The van der Waals surface area contributed by atoms with Gasteiger partial charge in [0.15, 0.2) is 17.4 Å². The number of rotatable bonds is 0. The average molecular weight is 186 g/mol. The van der Waals surface area contributed by atoms with E-state index in [1.54, 1.807) is 0 Å². The molecule has 4 heteroatoms. The normalized spacial score (nSPS) is 0. The molecule has 0 aliphatic rings. The van der Waals surface area contributed by atoms with Crippen molar-refractivity contribution >= 4 is 17.4 Å². The van der Waals surface area contributed by atoms with Crippen LogP contribution in [0.25, 0.3) is 0 Å². The second kappa shape index (κ2) is 19.5. The van der Waals surface area contributed by atoms with Gasteiger partial charge in [-0.05, 0) is 0 Å². The van der Waals surface area contributed by atoms with E-state index in [2.05, 4.69) is 0 Å². The molecule has 0 amide bonds. The molecule has 0 unspecified atom stereocenters. The SMILES string of the molecule is N.[AlH3].[Ti].[Zr]. The first-order valence-electron chi connectivity index (χ1n) is 0. The molecule has 22 valence electrons. The van der Waals surface area contributed by atoms with Gasteiger partial charge in [-0.1, -0.05) is 0 Å². The quantitative estimate of drug-likeness (QED) is 0.482. The molecule has 0 heterocycles. The minimum absolute atomic E-state index is 0. The summed E-state index contributed by atoms with van der Waals surface area (Å²) in [4.78, 5) is 0. The minimum Gasteiger partial charge on any atom is -0.344 e. The molecule has 1 nitrogen and oxygen atoms in total. The molecule has 3 N–H and O–H groups in total. The fourth-order valence-corrected chi connectivity index (χ4v) is 0. The van der Waals surface area contributed by atoms with Crippen LogP contribution in [-0.2, 0) is 47.9 Å². The van der Waals surface area contributed by atoms with E-state index in [4.69, 9.17) is 0 Å². The molecule has 0 aliphatic carbocycles. The summed E-state index contributed by atoms with van der Waals surface area (Å²) in [7, 11) is 0. The van der Waals surface area contributed by atoms with E-state index in [0.29, 0.717) is 0 Å². The van der Waals surface area contributed by atoms with Crippen LogP contribution in [0.2, 0.25) is 0 Å². The molecule has 0 radical (unpaired) electrons. The van der Waals surface area contributed by atoms with Crippen LogP contribution in [0.1, 0.15) is 0 Å². The van der Waals surface area contributed by atoms with E-state index in [1.165, 1.54) is 0 Å². The minimum atomic E-state index is 0. The Labute approximate surface area is 70.6 Å². The smallest absolute Gasteiger partial charge is 0.187 e. The second-order valence-electron chi connectivity index (χ2n) is 0. The van der Waals surface area contributed by atoms with Gasteiger partial charge in [0.05, 0.1) is 0 Å².